The third kappa shape index (κ3) is 2.75. The molecule has 0 bridgehead atoms. The smallest absolute Gasteiger partial charge is 0.166 e. The van der Waals surface area contributed by atoms with Gasteiger partial charge in [0.2, 0.25) is 0 Å². The Morgan fingerprint density at radius 1 is 1.23 bits per heavy atom. The molecule has 72 valence electrons. The zero-order chi connectivity index (χ0) is 10.0. The maximum Gasteiger partial charge on any atom is 0.166 e. The molecule has 1 aromatic carbocycles. The average molecular weight is 223 g/mol. The van der Waals surface area contributed by atoms with Gasteiger partial charge in [-0.1, -0.05) is 23.2 Å². The van der Waals surface area contributed by atoms with Crippen LogP contribution in [0.25, 0.3) is 0 Å². The Labute approximate surface area is 86.4 Å². The first kappa shape index (κ1) is 10.6. The number of ether oxygens (including phenoxy) is 1. The standard InChI is InChI=1S/C9H9Cl2FO/c1-5(2)13-9-4-7(11)6(10)3-8(9)12/h3-5H,1-2H3. The Kier molecular flexibility index (Phi) is 3.40. The van der Waals surface area contributed by atoms with Gasteiger partial charge in [-0.05, 0) is 19.9 Å². The van der Waals surface area contributed by atoms with Crippen LogP contribution in [0, 0.1) is 5.82 Å². The van der Waals surface area contributed by atoms with Crippen LogP contribution in [0.3, 0.4) is 0 Å². The van der Waals surface area contributed by atoms with Crippen LogP contribution < -0.4 is 4.74 Å². The van der Waals surface area contributed by atoms with Crippen LogP contribution in [0.4, 0.5) is 4.39 Å². The fourth-order valence-corrected chi connectivity index (χ4v) is 1.15. The van der Waals surface area contributed by atoms with Crippen molar-refractivity contribution in [1.29, 1.82) is 0 Å². The van der Waals surface area contributed by atoms with Crippen LogP contribution in [-0.4, -0.2) is 6.10 Å². The fraction of sp³-hybridized carbons (Fsp3) is 0.333. The van der Waals surface area contributed by atoms with Gasteiger partial charge in [-0.3, -0.25) is 0 Å². The quantitative estimate of drug-likeness (QED) is 0.690. The molecule has 0 saturated heterocycles. The number of rotatable bonds is 2. The topological polar surface area (TPSA) is 9.23 Å². The zero-order valence-corrected chi connectivity index (χ0v) is 8.79. The molecule has 1 rings (SSSR count). The van der Waals surface area contributed by atoms with Crippen LogP contribution >= 0.6 is 23.2 Å². The molecular formula is C9H9Cl2FO. The van der Waals surface area contributed by atoms with Crippen LogP contribution in [0.5, 0.6) is 5.75 Å². The molecule has 0 fully saturated rings. The lowest BCUT2D eigenvalue weighted by Gasteiger charge is -2.10. The molecule has 13 heavy (non-hydrogen) atoms. The van der Waals surface area contributed by atoms with Crippen LogP contribution in [0.1, 0.15) is 13.8 Å². The van der Waals surface area contributed by atoms with Gasteiger partial charge in [0.1, 0.15) is 0 Å². The summed E-state index contributed by atoms with van der Waals surface area (Å²) in [5.41, 5.74) is 0. The van der Waals surface area contributed by atoms with Gasteiger partial charge in [0, 0.05) is 6.07 Å². The molecule has 1 aromatic rings. The van der Waals surface area contributed by atoms with Crippen LogP contribution in [0.2, 0.25) is 10.0 Å². The van der Waals surface area contributed by atoms with Gasteiger partial charge in [-0.25, -0.2) is 4.39 Å². The summed E-state index contributed by atoms with van der Waals surface area (Å²) in [6.07, 6.45) is -0.0910. The second kappa shape index (κ2) is 4.16. The number of hydrogen-bond donors (Lipinski definition) is 0. The first-order chi connectivity index (χ1) is 6.00. The van der Waals surface area contributed by atoms with Gasteiger partial charge in [0.15, 0.2) is 11.6 Å². The monoisotopic (exact) mass is 222 g/mol. The van der Waals surface area contributed by atoms with Crippen molar-refractivity contribution < 1.29 is 9.13 Å². The second-order valence-corrected chi connectivity index (χ2v) is 3.68. The van der Waals surface area contributed by atoms with E-state index in [0.29, 0.717) is 5.02 Å². The van der Waals surface area contributed by atoms with E-state index < -0.39 is 5.82 Å². The highest BCUT2D eigenvalue weighted by Gasteiger charge is 2.09. The van der Waals surface area contributed by atoms with E-state index in [1.165, 1.54) is 6.07 Å². The van der Waals surface area contributed by atoms with Crippen molar-refractivity contribution in [2.45, 2.75) is 20.0 Å². The third-order valence-corrected chi connectivity index (χ3v) is 2.06. The van der Waals surface area contributed by atoms with E-state index in [1.54, 1.807) is 0 Å². The van der Waals surface area contributed by atoms with Crippen molar-refractivity contribution in [3.63, 3.8) is 0 Å². The molecule has 0 N–H and O–H groups in total. The molecule has 0 aromatic heterocycles. The van der Waals surface area contributed by atoms with Crippen molar-refractivity contribution in [3.05, 3.63) is 28.0 Å². The van der Waals surface area contributed by atoms with Crippen molar-refractivity contribution in [2.24, 2.45) is 0 Å². The highest BCUT2D eigenvalue weighted by atomic mass is 35.5. The summed E-state index contributed by atoms with van der Waals surface area (Å²) < 4.78 is 18.3. The molecule has 0 aliphatic rings. The summed E-state index contributed by atoms with van der Waals surface area (Å²) in [6.45, 7) is 3.61. The van der Waals surface area contributed by atoms with Gasteiger partial charge in [0.25, 0.3) is 0 Å². The summed E-state index contributed by atoms with van der Waals surface area (Å²) in [5.74, 6) is -0.368. The highest BCUT2D eigenvalue weighted by molar-refractivity contribution is 6.42. The van der Waals surface area contributed by atoms with Gasteiger partial charge >= 0.3 is 0 Å². The minimum atomic E-state index is -0.497. The lowest BCUT2D eigenvalue weighted by Crippen LogP contribution is -2.06. The van der Waals surface area contributed by atoms with Gasteiger partial charge in [-0.2, -0.15) is 0 Å². The molecule has 4 heteroatoms. The van der Waals surface area contributed by atoms with E-state index in [1.807, 2.05) is 13.8 Å². The van der Waals surface area contributed by atoms with Crippen molar-refractivity contribution in [1.82, 2.24) is 0 Å². The Bertz CT molecular complexity index is 313. The molecule has 0 radical (unpaired) electrons. The lowest BCUT2D eigenvalue weighted by molar-refractivity contribution is 0.231. The fourth-order valence-electron chi connectivity index (χ4n) is 0.849. The van der Waals surface area contributed by atoms with E-state index in [-0.39, 0.29) is 16.9 Å². The lowest BCUT2D eigenvalue weighted by atomic mass is 10.3. The summed E-state index contributed by atoms with van der Waals surface area (Å²) in [6, 6.07) is 2.51. The van der Waals surface area contributed by atoms with E-state index in [4.69, 9.17) is 27.9 Å². The van der Waals surface area contributed by atoms with Crippen LogP contribution in [-0.2, 0) is 0 Å². The first-order valence-corrected chi connectivity index (χ1v) is 4.57. The van der Waals surface area contributed by atoms with E-state index >= 15 is 0 Å². The molecule has 0 aliphatic carbocycles. The molecule has 0 unspecified atom stereocenters. The summed E-state index contributed by atoms with van der Waals surface area (Å²) in [4.78, 5) is 0. The normalized spacial score (nSPS) is 10.6. The Balaban J connectivity index is 3.01. The molecule has 0 heterocycles. The van der Waals surface area contributed by atoms with Gasteiger partial charge in [-0.15, -0.1) is 0 Å². The molecule has 0 spiro atoms. The summed E-state index contributed by atoms with van der Waals surface area (Å²) in [7, 11) is 0. The number of benzene rings is 1. The summed E-state index contributed by atoms with van der Waals surface area (Å²) >= 11 is 11.3. The van der Waals surface area contributed by atoms with Gasteiger partial charge < -0.3 is 4.74 Å². The molecule has 0 saturated carbocycles. The Hall–Kier alpha value is -0.470. The molecule has 0 atom stereocenters. The van der Waals surface area contributed by atoms with Crippen molar-refractivity contribution in [3.8, 4) is 5.75 Å². The predicted molar refractivity (Wildman–Crippen MR) is 52.2 cm³/mol. The van der Waals surface area contributed by atoms with E-state index in [0.717, 1.165) is 6.07 Å². The zero-order valence-electron chi connectivity index (χ0n) is 7.27. The number of halogens is 3. The number of hydrogen-bond acceptors (Lipinski definition) is 1. The minimum absolute atomic E-state index is 0.0910. The summed E-state index contributed by atoms with van der Waals surface area (Å²) in [5, 5.41) is 0.481. The minimum Gasteiger partial charge on any atom is -0.488 e. The SMILES string of the molecule is CC(C)Oc1cc(Cl)c(Cl)cc1F. The van der Waals surface area contributed by atoms with Crippen LogP contribution in [0.15, 0.2) is 12.1 Å². The van der Waals surface area contributed by atoms with E-state index in [2.05, 4.69) is 0 Å². The van der Waals surface area contributed by atoms with E-state index in [9.17, 15) is 4.39 Å². The Morgan fingerprint density at radius 3 is 2.31 bits per heavy atom. The molecular weight excluding hydrogens is 214 g/mol. The molecule has 0 amide bonds. The maximum absolute atomic E-state index is 13.1. The molecule has 1 nitrogen and oxygen atoms in total. The maximum atomic E-state index is 13.1. The first-order valence-electron chi connectivity index (χ1n) is 3.82. The van der Waals surface area contributed by atoms with Crippen molar-refractivity contribution >= 4 is 23.2 Å². The third-order valence-electron chi connectivity index (χ3n) is 1.34. The van der Waals surface area contributed by atoms with Crippen molar-refractivity contribution in [2.75, 3.05) is 0 Å². The average Bonchev–Trinajstić information content (AvgIpc) is 1.99. The molecule has 0 aliphatic heterocycles. The van der Waals surface area contributed by atoms with Gasteiger partial charge in [0.05, 0.1) is 16.1 Å². The second-order valence-electron chi connectivity index (χ2n) is 2.86. The highest BCUT2D eigenvalue weighted by Crippen LogP contribution is 2.29. The Morgan fingerprint density at radius 2 is 1.77 bits per heavy atom. The largest absolute Gasteiger partial charge is 0.488 e. The predicted octanol–water partition coefficient (Wildman–Crippen LogP) is 3.92.